The summed E-state index contributed by atoms with van der Waals surface area (Å²) in [7, 11) is 0. The molecule has 3 nitrogen and oxygen atoms in total. The Morgan fingerprint density at radius 1 is 1.47 bits per heavy atom. The molecule has 80 valence electrons. The molecule has 0 radical (unpaired) electrons. The normalized spacial score (nSPS) is 25.4. The molecule has 2 rings (SSSR count). The first kappa shape index (κ1) is 10.8. The van der Waals surface area contributed by atoms with Crippen molar-refractivity contribution in [3.63, 3.8) is 0 Å². The van der Waals surface area contributed by atoms with Gasteiger partial charge in [-0.25, -0.2) is 0 Å². The molecule has 0 saturated carbocycles. The van der Waals surface area contributed by atoms with Gasteiger partial charge in [0.25, 0.3) is 0 Å². The van der Waals surface area contributed by atoms with Crippen LogP contribution in [0, 0.1) is 0 Å². The zero-order valence-electron chi connectivity index (χ0n) is 7.81. The number of hydrogen-bond donors (Lipinski definition) is 2. The van der Waals surface area contributed by atoms with E-state index in [1.54, 1.807) is 11.8 Å². The van der Waals surface area contributed by atoms with E-state index in [0.29, 0.717) is 10.8 Å². The lowest BCUT2D eigenvalue weighted by molar-refractivity contribution is -0.138. The Balaban J connectivity index is 2.07. The van der Waals surface area contributed by atoms with Crippen LogP contribution in [0.1, 0.15) is 10.9 Å². The fourth-order valence-electron chi connectivity index (χ4n) is 1.44. The van der Waals surface area contributed by atoms with E-state index in [1.165, 1.54) is 0 Å². The first-order valence-corrected chi connectivity index (χ1v) is 5.95. The van der Waals surface area contributed by atoms with E-state index in [9.17, 15) is 4.79 Å². The smallest absolute Gasteiger partial charge is 0.321 e. The lowest BCUT2D eigenvalue weighted by Crippen LogP contribution is -2.33. The number of thioether (sulfide) groups is 1. The first-order chi connectivity index (χ1) is 7.16. The quantitative estimate of drug-likeness (QED) is 0.836. The SMILES string of the molecule is O=C(O)C1CS[C@@H](c2ccc(Cl)cc2)N1. The van der Waals surface area contributed by atoms with E-state index in [-0.39, 0.29) is 5.37 Å². The van der Waals surface area contributed by atoms with Crippen LogP contribution >= 0.6 is 23.4 Å². The van der Waals surface area contributed by atoms with E-state index in [0.717, 1.165) is 5.56 Å². The molecule has 1 unspecified atom stereocenters. The van der Waals surface area contributed by atoms with Crippen LogP contribution in [0.25, 0.3) is 0 Å². The molecule has 5 heteroatoms. The third kappa shape index (κ3) is 2.45. The summed E-state index contributed by atoms with van der Waals surface area (Å²) in [6.45, 7) is 0. The van der Waals surface area contributed by atoms with Gasteiger partial charge in [0.2, 0.25) is 0 Å². The second-order valence-electron chi connectivity index (χ2n) is 3.32. The molecule has 1 fully saturated rings. The molecule has 1 aliphatic heterocycles. The third-order valence-corrected chi connectivity index (χ3v) is 3.77. The number of rotatable bonds is 2. The Kier molecular flexibility index (Phi) is 3.19. The van der Waals surface area contributed by atoms with Crippen molar-refractivity contribution in [2.45, 2.75) is 11.4 Å². The maximum atomic E-state index is 10.7. The van der Waals surface area contributed by atoms with Crippen LogP contribution in [0.5, 0.6) is 0 Å². The van der Waals surface area contributed by atoms with E-state index in [4.69, 9.17) is 16.7 Å². The molecule has 1 aromatic carbocycles. The molecule has 1 aliphatic rings. The van der Waals surface area contributed by atoms with Crippen LogP contribution in [0.2, 0.25) is 5.02 Å². The number of aliphatic carboxylic acids is 1. The maximum Gasteiger partial charge on any atom is 0.321 e. The predicted molar refractivity (Wildman–Crippen MR) is 61.2 cm³/mol. The molecular formula is C10H10ClNO2S. The minimum atomic E-state index is -0.793. The summed E-state index contributed by atoms with van der Waals surface area (Å²) in [5, 5.41) is 12.6. The van der Waals surface area contributed by atoms with Crippen molar-refractivity contribution in [1.29, 1.82) is 0 Å². The summed E-state index contributed by atoms with van der Waals surface area (Å²) in [6, 6.07) is 7.00. The number of nitrogens with one attached hydrogen (secondary N) is 1. The molecule has 1 heterocycles. The molecule has 15 heavy (non-hydrogen) atoms. The molecule has 0 spiro atoms. The molecular weight excluding hydrogens is 234 g/mol. The highest BCUT2D eigenvalue weighted by atomic mass is 35.5. The van der Waals surface area contributed by atoms with Gasteiger partial charge in [0.05, 0.1) is 5.37 Å². The molecule has 1 saturated heterocycles. The standard InChI is InChI=1S/C10H10ClNO2S/c11-7-3-1-6(2-4-7)9-12-8(5-15-9)10(13)14/h1-4,8-9,12H,5H2,(H,13,14)/t8?,9-/m0/s1. The molecule has 2 N–H and O–H groups in total. The minimum Gasteiger partial charge on any atom is -0.480 e. The molecule has 0 amide bonds. The van der Waals surface area contributed by atoms with Gasteiger partial charge in [-0.2, -0.15) is 0 Å². The average molecular weight is 244 g/mol. The van der Waals surface area contributed by atoms with Gasteiger partial charge in [0, 0.05) is 10.8 Å². The number of carbonyl (C=O) groups is 1. The van der Waals surface area contributed by atoms with Gasteiger partial charge in [0.1, 0.15) is 6.04 Å². The maximum absolute atomic E-state index is 10.7. The number of halogens is 1. The largest absolute Gasteiger partial charge is 0.480 e. The van der Waals surface area contributed by atoms with Crippen molar-refractivity contribution in [2.24, 2.45) is 0 Å². The van der Waals surface area contributed by atoms with E-state index >= 15 is 0 Å². The molecule has 0 aromatic heterocycles. The lowest BCUT2D eigenvalue weighted by atomic mass is 10.2. The third-order valence-electron chi connectivity index (χ3n) is 2.25. The Bertz CT molecular complexity index is 368. The Labute approximate surface area is 96.8 Å². The van der Waals surface area contributed by atoms with Crippen molar-refractivity contribution < 1.29 is 9.90 Å². The Morgan fingerprint density at radius 3 is 2.67 bits per heavy atom. The zero-order valence-corrected chi connectivity index (χ0v) is 9.39. The van der Waals surface area contributed by atoms with Crippen molar-refractivity contribution in [2.75, 3.05) is 5.75 Å². The van der Waals surface area contributed by atoms with Crippen LogP contribution < -0.4 is 5.32 Å². The summed E-state index contributed by atoms with van der Waals surface area (Å²) in [6.07, 6.45) is 0. The predicted octanol–water partition coefficient (Wildman–Crippen LogP) is 2.13. The van der Waals surface area contributed by atoms with Gasteiger partial charge < -0.3 is 5.11 Å². The fourth-order valence-corrected chi connectivity index (χ4v) is 2.80. The second kappa shape index (κ2) is 4.43. The Morgan fingerprint density at radius 2 is 2.13 bits per heavy atom. The number of carboxylic acids is 1. The van der Waals surface area contributed by atoms with Crippen molar-refractivity contribution in [3.8, 4) is 0 Å². The zero-order chi connectivity index (χ0) is 10.8. The second-order valence-corrected chi connectivity index (χ2v) is 4.90. The van der Waals surface area contributed by atoms with Crippen LogP contribution in [0.3, 0.4) is 0 Å². The molecule has 1 aromatic rings. The van der Waals surface area contributed by atoms with Crippen molar-refractivity contribution in [3.05, 3.63) is 34.9 Å². The first-order valence-electron chi connectivity index (χ1n) is 4.53. The van der Waals surface area contributed by atoms with Crippen LogP contribution in [0.4, 0.5) is 0 Å². The van der Waals surface area contributed by atoms with Gasteiger partial charge in [-0.15, -0.1) is 11.8 Å². The number of carboxylic acid groups (broad SMARTS) is 1. The van der Waals surface area contributed by atoms with Crippen LogP contribution in [0.15, 0.2) is 24.3 Å². The van der Waals surface area contributed by atoms with Crippen molar-refractivity contribution in [1.82, 2.24) is 5.32 Å². The lowest BCUT2D eigenvalue weighted by Gasteiger charge is -2.10. The van der Waals surface area contributed by atoms with Gasteiger partial charge in [-0.1, -0.05) is 23.7 Å². The van der Waals surface area contributed by atoms with Gasteiger partial charge in [-0.3, -0.25) is 10.1 Å². The Hall–Kier alpha value is -0.710. The molecule has 2 atom stereocenters. The average Bonchev–Trinajstić information content (AvgIpc) is 2.68. The highest BCUT2D eigenvalue weighted by Crippen LogP contribution is 2.33. The fraction of sp³-hybridized carbons (Fsp3) is 0.300. The summed E-state index contributed by atoms with van der Waals surface area (Å²) < 4.78 is 0. The van der Waals surface area contributed by atoms with E-state index < -0.39 is 12.0 Å². The van der Waals surface area contributed by atoms with Gasteiger partial charge in [0.15, 0.2) is 0 Å². The molecule has 0 aliphatic carbocycles. The van der Waals surface area contributed by atoms with Gasteiger partial charge in [-0.05, 0) is 17.7 Å². The van der Waals surface area contributed by atoms with E-state index in [1.807, 2.05) is 24.3 Å². The molecule has 0 bridgehead atoms. The van der Waals surface area contributed by atoms with Crippen LogP contribution in [-0.2, 0) is 4.79 Å². The minimum absolute atomic E-state index is 0.0587. The summed E-state index contributed by atoms with van der Waals surface area (Å²) in [5.74, 6) is -0.193. The number of benzene rings is 1. The highest BCUT2D eigenvalue weighted by Gasteiger charge is 2.29. The van der Waals surface area contributed by atoms with Crippen LogP contribution in [-0.4, -0.2) is 22.9 Å². The topological polar surface area (TPSA) is 49.3 Å². The monoisotopic (exact) mass is 243 g/mol. The summed E-state index contributed by atoms with van der Waals surface area (Å²) in [4.78, 5) is 10.7. The van der Waals surface area contributed by atoms with Crippen molar-refractivity contribution >= 4 is 29.3 Å². The number of hydrogen-bond acceptors (Lipinski definition) is 3. The highest BCUT2D eigenvalue weighted by molar-refractivity contribution is 7.99. The summed E-state index contributed by atoms with van der Waals surface area (Å²) >= 11 is 7.38. The summed E-state index contributed by atoms with van der Waals surface area (Å²) in [5.41, 5.74) is 1.06. The van der Waals surface area contributed by atoms with Gasteiger partial charge >= 0.3 is 5.97 Å². The van der Waals surface area contributed by atoms with E-state index in [2.05, 4.69) is 5.32 Å².